The number of halogens is 2. The van der Waals surface area contributed by atoms with Crippen LogP contribution in [0, 0.1) is 0 Å². The van der Waals surface area contributed by atoms with Gasteiger partial charge < -0.3 is 20.2 Å². The van der Waals surface area contributed by atoms with Crippen LogP contribution >= 0.6 is 0 Å². The van der Waals surface area contributed by atoms with E-state index in [1.165, 1.54) is 11.1 Å². The van der Waals surface area contributed by atoms with Crippen LogP contribution in [0.2, 0.25) is 0 Å². The Morgan fingerprint density at radius 3 is 2.26 bits per heavy atom. The highest BCUT2D eigenvalue weighted by molar-refractivity contribution is 5.98. The van der Waals surface area contributed by atoms with Crippen molar-refractivity contribution in [2.75, 3.05) is 11.4 Å². The number of imidazole rings is 2. The quantitative estimate of drug-likeness (QED) is 0.252. The molecule has 6 heterocycles. The second kappa shape index (κ2) is 9.91. The summed E-state index contributed by atoms with van der Waals surface area (Å²) in [5.41, 5.74) is 7.61. The smallest absolute Gasteiger partial charge is 0.262 e. The Morgan fingerprint density at radius 2 is 1.49 bits per heavy atom. The number of hydrogen-bond acceptors (Lipinski definition) is 6. The number of nitrogens with one attached hydrogen (secondary N) is 3. The molecular formula is C32H28F2N8O. The Bertz CT molecular complexity index is 1830. The lowest BCUT2D eigenvalue weighted by Crippen LogP contribution is -2.32. The van der Waals surface area contributed by atoms with Gasteiger partial charge in [-0.05, 0) is 29.5 Å². The van der Waals surface area contributed by atoms with Crippen molar-refractivity contribution in [1.29, 1.82) is 0 Å². The average molecular weight is 579 g/mol. The average Bonchev–Trinajstić information content (AvgIpc) is 3.81. The summed E-state index contributed by atoms with van der Waals surface area (Å²) in [5.74, 6) is -0.733. The van der Waals surface area contributed by atoms with Gasteiger partial charge in [-0.2, -0.15) is 0 Å². The number of aryl methyl sites for hydroxylation is 1. The molecule has 11 heteroatoms. The maximum Gasteiger partial charge on any atom is 0.262 e. The summed E-state index contributed by atoms with van der Waals surface area (Å²) >= 11 is 0. The zero-order valence-electron chi connectivity index (χ0n) is 23.1. The molecule has 1 saturated heterocycles. The summed E-state index contributed by atoms with van der Waals surface area (Å²) in [7, 11) is 0. The van der Waals surface area contributed by atoms with Crippen LogP contribution in [0.5, 0.6) is 0 Å². The first-order valence-electron chi connectivity index (χ1n) is 14.5. The molecule has 2 aromatic carbocycles. The summed E-state index contributed by atoms with van der Waals surface area (Å²) in [6, 6.07) is 13.6. The number of alkyl halides is 2. The van der Waals surface area contributed by atoms with E-state index in [1.54, 1.807) is 18.6 Å². The molecule has 216 valence electrons. The number of aromatic nitrogens is 6. The molecule has 43 heavy (non-hydrogen) atoms. The second-order valence-corrected chi connectivity index (χ2v) is 11.5. The standard InChI is InChI=1S/C32H28F2N8O/c33-32(34)12-23(39-17-32)30-37-16-25(40-30)22-13-35-29(36-14-22)20-9-7-18(8-10-20)24-15-38-31(41-24)26-11-21-5-1-3-19-4-2-6-27(43)42(26)28(19)21/h1,3,5,7-10,13-16,23,26,39H,2,4,6,11-12,17H2,(H,37,40)(H,38,41)/t23-,26-/m0/s1. The van der Waals surface area contributed by atoms with Crippen molar-refractivity contribution in [2.45, 2.75) is 50.1 Å². The van der Waals surface area contributed by atoms with Gasteiger partial charge in [0.15, 0.2) is 5.82 Å². The topological polar surface area (TPSA) is 115 Å². The van der Waals surface area contributed by atoms with Crippen molar-refractivity contribution >= 4 is 11.6 Å². The van der Waals surface area contributed by atoms with Crippen molar-refractivity contribution in [3.63, 3.8) is 0 Å². The largest absolute Gasteiger partial charge is 0.341 e. The Morgan fingerprint density at radius 1 is 0.791 bits per heavy atom. The monoisotopic (exact) mass is 578 g/mol. The molecule has 0 spiro atoms. The van der Waals surface area contributed by atoms with E-state index in [0.29, 0.717) is 23.8 Å². The van der Waals surface area contributed by atoms with Crippen LogP contribution in [0.25, 0.3) is 33.9 Å². The van der Waals surface area contributed by atoms with Crippen LogP contribution < -0.4 is 10.2 Å². The summed E-state index contributed by atoms with van der Waals surface area (Å²) in [6.45, 7) is -0.346. The molecule has 0 aliphatic carbocycles. The Kier molecular flexibility index (Phi) is 5.97. The molecule has 3 aliphatic heterocycles. The van der Waals surface area contributed by atoms with E-state index in [0.717, 1.165) is 53.2 Å². The van der Waals surface area contributed by atoms with Crippen LogP contribution in [-0.2, 0) is 17.6 Å². The van der Waals surface area contributed by atoms with Gasteiger partial charge in [-0.25, -0.2) is 28.7 Å². The number of benzene rings is 2. The minimum atomic E-state index is -2.72. The van der Waals surface area contributed by atoms with Crippen molar-refractivity contribution in [2.24, 2.45) is 0 Å². The van der Waals surface area contributed by atoms with Crippen LogP contribution in [0.1, 0.15) is 54.1 Å². The van der Waals surface area contributed by atoms with Gasteiger partial charge in [0.2, 0.25) is 5.91 Å². The van der Waals surface area contributed by atoms with Gasteiger partial charge in [0.1, 0.15) is 11.6 Å². The highest BCUT2D eigenvalue weighted by Gasteiger charge is 2.41. The first-order valence-corrected chi connectivity index (χ1v) is 14.5. The van der Waals surface area contributed by atoms with Gasteiger partial charge in [-0.15, -0.1) is 0 Å². The Hall–Kier alpha value is -4.77. The van der Waals surface area contributed by atoms with Gasteiger partial charge in [0.25, 0.3) is 5.92 Å². The molecule has 3 N–H and O–H groups in total. The zero-order valence-corrected chi connectivity index (χ0v) is 23.1. The molecule has 1 fully saturated rings. The number of para-hydroxylation sites is 1. The first-order chi connectivity index (χ1) is 20.9. The number of carbonyl (C=O) groups is 1. The summed E-state index contributed by atoms with van der Waals surface area (Å²) in [5, 5.41) is 2.81. The molecule has 3 aliphatic rings. The van der Waals surface area contributed by atoms with Crippen LogP contribution in [0.3, 0.4) is 0 Å². The van der Waals surface area contributed by atoms with Crippen LogP contribution in [0.4, 0.5) is 14.5 Å². The van der Waals surface area contributed by atoms with Gasteiger partial charge in [-0.3, -0.25) is 4.79 Å². The highest BCUT2D eigenvalue weighted by Crippen LogP contribution is 2.44. The molecule has 8 rings (SSSR count). The second-order valence-electron chi connectivity index (χ2n) is 11.5. The SMILES string of the molecule is O=C1CCCc2cccc3c2N1[C@H](c1ncc(-c2ccc(-c4ncc(-c5cnc([C@@H]6CC(F)(F)CN6)[nH]5)cn4)cc2)[nH]1)C3. The summed E-state index contributed by atoms with van der Waals surface area (Å²) < 4.78 is 27.1. The van der Waals surface area contributed by atoms with Gasteiger partial charge in [-0.1, -0.05) is 42.5 Å². The molecule has 1 amide bonds. The molecule has 9 nitrogen and oxygen atoms in total. The maximum absolute atomic E-state index is 13.6. The van der Waals surface area contributed by atoms with Crippen LogP contribution in [-0.4, -0.2) is 48.3 Å². The van der Waals surface area contributed by atoms with Gasteiger partial charge in [0, 0.05) is 42.8 Å². The first kappa shape index (κ1) is 25.9. The van der Waals surface area contributed by atoms with E-state index >= 15 is 0 Å². The van der Waals surface area contributed by atoms with E-state index in [2.05, 4.69) is 48.4 Å². The third kappa shape index (κ3) is 4.60. The predicted molar refractivity (Wildman–Crippen MR) is 156 cm³/mol. The third-order valence-electron chi connectivity index (χ3n) is 8.64. The lowest BCUT2D eigenvalue weighted by atomic mass is 10.0. The van der Waals surface area contributed by atoms with Crippen molar-refractivity contribution < 1.29 is 13.6 Å². The van der Waals surface area contributed by atoms with Gasteiger partial charge in [0.05, 0.1) is 48.1 Å². The molecule has 5 aromatic rings. The maximum atomic E-state index is 13.6. The highest BCUT2D eigenvalue weighted by atomic mass is 19.3. The lowest BCUT2D eigenvalue weighted by molar-refractivity contribution is -0.119. The fourth-order valence-corrected chi connectivity index (χ4v) is 6.48. The number of carbonyl (C=O) groups excluding carboxylic acids is 1. The Balaban J connectivity index is 0.983. The van der Waals surface area contributed by atoms with E-state index in [1.807, 2.05) is 35.4 Å². The number of nitrogens with zero attached hydrogens (tertiary/aromatic N) is 5. The third-order valence-corrected chi connectivity index (χ3v) is 8.64. The molecule has 3 aromatic heterocycles. The summed E-state index contributed by atoms with van der Waals surface area (Å²) in [6.07, 6.45) is 9.64. The molecule has 0 radical (unpaired) electrons. The summed E-state index contributed by atoms with van der Waals surface area (Å²) in [4.78, 5) is 39.7. The van der Waals surface area contributed by atoms with Crippen molar-refractivity contribution in [3.05, 3.63) is 90.0 Å². The number of hydrogen-bond donors (Lipinski definition) is 3. The predicted octanol–water partition coefficient (Wildman–Crippen LogP) is 5.56. The fourth-order valence-electron chi connectivity index (χ4n) is 6.48. The Labute approximate surface area is 245 Å². The molecule has 0 bridgehead atoms. The zero-order chi connectivity index (χ0) is 29.1. The number of rotatable bonds is 5. The van der Waals surface area contributed by atoms with E-state index in [4.69, 9.17) is 4.98 Å². The molecule has 2 atom stereocenters. The minimum absolute atomic E-state index is 0.136. The fraction of sp³-hybridized carbons (Fsp3) is 0.281. The minimum Gasteiger partial charge on any atom is -0.341 e. The normalized spacial score (nSPS) is 20.8. The van der Waals surface area contributed by atoms with Crippen LogP contribution in [0.15, 0.2) is 67.3 Å². The number of aromatic amines is 2. The number of amides is 1. The molecule has 0 unspecified atom stereocenters. The van der Waals surface area contributed by atoms with E-state index in [-0.39, 0.29) is 24.9 Å². The van der Waals surface area contributed by atoms with E-state index in [9.17, 15) is 13.6 Å². The lowest BCUT2D eigenvalue weighted by Gasteiger charge is -2.24. The van der Waals surface area contributed by atoms with Crippen molar-refractivity contribution in [1.82, 2.24) is 35.2 Å². The van der Waals surface area contributed by atoms with Gasteiger partial charge >= 0.3 is 0 Å². The van der Waals surface area contributed by atoms with E-state index < -0.39 is 12.0 Å². The molecular weight excluding hydrogens is 550 g/mol. The van der Waals surface area contributed by atoms with Crippen molar-refractivity contribution in [3.8, 4) is 33.9 Å². The number of H-pyrrole nitrogens is 2. The molecule has 0 saturated carbocycles. The number of anilines is 1.